The minimum atomic E-state index is 0.821. The molecule has 1 heterocycles. The average Bonchev–Trinajstić information content (AvgIpc) is 2.68. The Hall–Kier alpha value is -3.13. The zero-order valence-corrected chi connectivity index (χ0v) is 13.4. The van der Waals surface area contributed by atoms with Gasteiger partial charge in [0.15, 0.2) is 0 Å². The van der Waals surface area contributed by atoms with Crippen LogP contribution in [0.5, 0.6) is 5.75 Å². The molecule has 4 rings (SSSR count). The lowest BCUT2D eigenvalue weighted by Gasteiger charge is -2.14. The zero-order valence-electron chi connectivity index (χ0n) is 13.4. The van der Waals surface area contributed by atoms with Crippen molar-refractivity contribution in [1.29, 1.82) is 0 Å². The number of fused-ring (bicyclic) bond motifs is 1. The summed E-state index contributed by atoms with van der Waals surface area (Å²) in [4.78, 5) is 4.67. The van der Waals surface area contributed by atoms with Crippen LogP contribution in [0.3, 0.4) is 0 Å². The number of hydrogen-bond acceptors (Lipinski definition) is 2. The molecular weight excluding hydrogens is 294 g/mol. The van der Waals surface area contributed by atoms with Crippen molar-refractivity contribution in [2.45, 2.75) is 0 Å². The Labute approximate surface area is 141 Å². The molecule has 0 fully saturated rings. The standard InChI is InChI=1S/C22H17NO/c1-24-18-12-13-19-21(14-18)23-15-20(16-8-4-2-5-9-16)22(19)17-10-6-3-7-11-17/h2-15H,1H3. The maximum absolute atomic E-state index is 5.34. The summed E-state index contributed by atoms with van der Waals surface area (Å²) >= 11 is 0. The van der Waals surface area contributed by atoms with Crippen LogP contribution in [0.25, 0.3) is 33.2 Å². The predicted octanol–water partition coefficient (Wildman–Crippen LogP) is 5.58. The van der Waals surface area contributed by atoms with E-state index in [-0.39, 0.29) is 0 Å². The molecule has 0 spiro atoms. The molecule has 0 aliphatic carbocycles. The van der Waals surface area contributed by atoms with Crippen LogP contribution in [0.1, 0.15) is 0 Å². The Morgan fingerprint density at radius 1 is 0.750 bits per heavy atom. The van der Waals surface area contributed by atoms with Crippen LogP contribution in [0.2, 0.25) is 0 Å². The van der Waals surface area contributed by atoms with Gasteiger partial charge in [0.2, 0.25) is 0 Å². The number of pyridine rings is 1. The summed E-state index contributed by atoms with van der Waals surface area (Å²) in [6, 6.07) is 26.9. The van der Waals surface area contributed by atoms with E-state index in [0.29, 0.717) is 0 Å². The van der Waals surface area contributed by atoms with Gasteiger partial charge < -0.3 is 4.74 Å². The Morgan fingerprint density at radius 2 is 1.42 bits per heavy atom. The summed E-state index contributed by atoms with van der Waals surface area (Å²) < 4.78 is 5.34. The van der Waals surface area contributed by atoms with Crippen LogP contribution in [0, 0.1) is 0 Å². The lowest BCUT2D eigenvalue weighted by Crippen LogP contribution is -1.91. The molecule has 2 heteroatoms. The SMILES string of the molecule is COc1ccc2c(-c3ccccc3)c(-c3ccccc3)cnc2c1. The van der Waals surface area contributed by atoms with Crippen molar-refractivity contribution in [1.82, 2.24) is 4.98 Å². The minimum Gasteiger partial charge on any atom is -0.497 e. The largest absolute Gasteiger partial charge is 0.497 e. The second kappa shape index (κ2) is 6.17. The molecule has 4 aromatic rings. The number of nitrogens with zero attached hydrogens (tertiary/aromatic N) is 1. The molecule has 0 saturated heterocycles. The second-order valence-electron chi connectivity index (χ2n) is 5.66. The normalized spacial score (nSPS) is 10.7. The number of ether oxygens (including phenoxy) is 1. The molecular formula is C22H17NO. The van der Waals surface area contributed by atoms with Crippen molar-refractivity contribution in [3.8, 4) is 28.0 Å². The third-order valence-electron chi connectivity index (χ3n) is 4.22. The van der Waals surface area contributed by atoms with E-state index in [9.17, 15) is 0 Å². The van der Waals surface area contributed by atoms with Crippen molar-refractivity contribution in [2.24, 2.45) is 0 Å². The Balaban J connectivity index is 2.06. The Kier molecular flexibility index (Phi) is 3.72. The third-order valence-corrected chi connectivity index (χ3v) is 4.22. The maximum atomic E-state index is 5.34. The topological polar surface area (TPSA) is 22.1 Å². The first-order chi connectivity index (χ1) is 11.9. The molecule has 0 unspecified atom stereocenters. The van der Waals surface area contributed by atoms with E-state index in [2.05, 4.69) is 59.6 Å². The van der Waals surface area contributed by atoms with Crippen LogP contribution in [0.15, 0.2) is 85.1 Å². The van der Waals surface area contributed by atoms with Crippen molar-refractivity contribution < 1.29 is 4.74 Å². The molecule has 3 aromatic carbocycles. The molecule has 0 radical (unpaired) electrons. The molecule has 0 aliphatic rings. The van der Waals surface area contributed by atoms with Gasteiger partial charge in [-0.15, -0.1) is 0 Å². The first-order valence-electron chi connectivity index (χ1n) is 7.94. The van der Waals surface area contributed by atoms with Crippen molar-refractivity contribution in [2.75, 3.05) is 7.11 Å². The fraction of sp³-hybridized carbons (Fsp3) is 0.0455. The van der Waals surface area contributed by atoms with Gasteiger partial charge in [-0.05, 0) is 23.3 Å². The fourth-order valence-corrected chi connectivity index (χ4v) is 3.05. The lowest BCUT2D eigenvalue weighted by atomic mass is 9.92. The summed E-state index contributed by atoms with van der Waals surface area (Å²) in [7, 11) is 1.68. The average molecular weight is 311 g/mol. The van der Waals surface area contributed by atoms with Gasteiger partial charge in [0.1, 0.15) is 5.75 Å². The highest BCUT2D eigenvalue weighted by molar-refractivity contribution is 6.02. The first-order valence-corrected chi connectivity index (χ1v) is 7.94. The quantitative estimate of drug-likeness (QED) is 0.493. The second-order valence-corrected chi connectivity index (χ2v) is 5.66. The summed E-state index contributed by atoms with van der Waals surface area (Å²) in [5, 5.41) is 1.13. The van der Waals surface area contributed by atoms with Crippen molar-refractivity contribution in [3.63, 3.8) is 0 Å². The predicted molar refractivity (Wildman–Crippen MR) is 99.2 cm³/mol. The van der Waals surface area contributed by atoms with Gasteiger partial charge in [0.05, 0.1) is 12.6 Å². The lowest BCUT2D eigenvalue weighted by molar-refractivity contribution is 0.415. The molecule has 0 saturated carbocycles. The molecule has 1 aromatic heterocycles. The van der Waals surface area contributed by atoms with Crippen LogP contribution in [-0.4, -0.2) is 12.1 Å². The monoisotopic (exact) mass is 311 g/mol. The molecule has 2 nitrogen and oxygen atoms in total. The molecule has 0 aliphatic heterocycles. The molecule has 0 atom stereocenters. The summed E-state index contributed by atoms with van der Waals surface area (Å²) in [5.74, 6) is 0.821. The Morgan fingerprint density at radius 3 is 2.08 bits per heavy atom. The van der Waals surface area contributed by atoms with Gasteiger partial charge in [-0.3, -0.25) is 4.98 Å². The van der Waals surface area contributed by atoms with E-state index in [1.807, 2.05) is 30.5 Å². The van der Waals surface area contributed by atoms with Crippen LogP contribution >= 0.6 is 0 Å². The molecule has 24 heavy (non-hydrogen) atoms. The number of benzene rings is 3. The maximum Gasteiger partial charge on any atom is 0.121 e. The van der Waals surface area contributed by atoms with Crippen molar-refractivity contribution >= 4 is 10.9 Å². The van der Waals surface area contributed by atoms with Gasteiger partial charge in [0.25, 0.3) is 0 Å². The number of methoxy groups -OCH3 is 1. The van der Waals surface area contributed by atoms with Crippen LogP contribution in [0.4, 0.5) is 0 Å². The van der Waals surface area contributed by atoms with E-state index in [4.69, 9.17) is 4.74 Å². The highest BCUT2D eigenvalue weighted by Crippen LogP contribution is 2.37. The summed E-state index contributed by atoms with van der Waals surface area (Å²) in [6.07, 6.45) is 1.96. The smallest absolute Gasteiger partial charge is 0.121 e. The van der Waals surface area contributed by atoms with E-state index in [1.54, 1.807) is 7.11 Å². The van der Waals surface area contributed by atoms with E-state index in [0.717, 1.165) is 22.2 Å². The first kappa shape index (κ1) is 14.5. The zero-order chi connectivity index (χ0) is 16.4. The van der Waals surface area contributed by atoms with Crippen LogP contribution in [-0.2, 0) is 0 Å². The van der Waals surface area contributed by atoms with E-state index >= 15 is 0 Å². The van der Waals surface area contributed by atoms with E-state index in [1.165, 1.54) is 16.7 Å². The molecule has 116 valence electrons. The highest BCUT2D eigenvalue weighted by Gasteiger charge is 2.13. The van der Waals surface area contributed by atoms with Gasteiger partial charge >= 0.3 is 0 Å². The minimum absolute atomic E-state index is 0.821. The van der Waals surface area contributed by atoms with Crippen LogP contribution < -0.4 is 4.74 Å². The molecule has 0 bridgehead atoms. The number of rotatable bonds is 3. The fourth-order valence-electron chi connectivity index (χ4n) is 3.05. The summed E-state index contributed by atoms with van der Waals surface area (Å²) in [6.45, 7) is 0. The molecule has 0 N–H and O–H groups in total. The van der Waals surface area contributed by atoms with E-state index < -0.39 is 0 Å². The van der Waals surface area contributed by atoms with Gasteiger partial charge in [-0.25, -0.2) is 0 Å². The summed E-state index contributed by atoms with van der Waals surface area (Å²) in [5.41, 5.74) is 5.64. The number of aromatic nitrogens is 1. The van der Waals surface area contributed by atoms with Gasteiger partial charge in [-0.1, -0.05) is 60.7 Å². The van der Waals surface area contributed by atoms with Gasteiger partial charge in [0, 0.05) is 28.8 Å². The number of hydrogen-bond donors (Lipinski definition) is 0. The third kappa shape index (κ3) is 2.52. The highest BCUT2D eigenvalue weighted by atomic mass is 16.5. The molecule has 0 amide bonds. The van der Waals surface area contributed by atoms with Crippen molar-refractivity contribution in [3.05, 3.63) is 85.1 Å². The Bertz CT molecular complexity index is 979. The van der Waals surface area contributed by atoms with Gasteiger partial charge in [-0.2, -0.15) is 0 Å².